The Labute approximate surface area is 202 Å². The molecule has 1 saturated heterocycles. The monoisotopic (exact) mass is 515 g/mol. The van der Waals surface area contributed by atoms with Crippen molar-refractivity contribution in [2.45, 2.75) is 18.2 Å². The number of ether oxygens (including phenoxy) is 1. The van der Waals surface area contributed by atoms with E-state index in [1.165, 1.54) is 28.6 Å². The molecule has 0 saturated carbocycles. The quantitative estimate of drug-likeness (QED) is 0.279. The summed E-state index contributed by atoms with van der Waals surface area (Å²) in [6.45, 7) is 4.02. The van der Waals surface area contributed by atoms with E-state index >= 15 is 0 Å². The molecule has 12 heteroatoms. The zero-order chi connectivity index (χ0) is 24.2. The van der Waals surface area contributed by atoms with Crippen molar-refractivity contribution in [2.24, 2.45) is 5.92 Å². The van der Waals surface area contributed by atoms with Crippen LogP contribution in [0.4, 0.5) is 5.69 Å². The standard InChI is InChI=1S/C21H23Cl2N3O6S/c1-15(6-11-27)14-24-7-9-25(10-8-24)33(30,31)21-13-17(26(28)29)3-5-19(21)32-20-12-16(22)2-4-18(20)23/h2-5,11-13,15H,6-10,14H2,1H3. The SMILES string of the molecule is CC(CC=O)CN1CCN(S(=O)(=O)c2cc([N+](=O)[O-])ccc2Oc2cc(Cl)ccc2Cl)CC1. The van der Waals surface area contributed by atoms with E-state index in [-0.39, 0.29) is 46.1 Å². The van der Waals surface area contributed by atoms with Gasteiger partial charge >= 0.3 is 0 Å². The van der Waals surface area contributed by atoms with Gasteiger partial charge < -0.3 is 14.4 Å². The minimum absolute atomic E-state index is 0.0909. The lowest BCUT2D eigenvalue weighted by atomic mass is 10.1. The summed E-state index contributed by atoms with van der Waals surface area (Å²) in [6, 6.07) is 7.88. The topological polar surface area (TPSA) is 110 Å². The fourth-order valence-corrected chi connectivity index (χ4v) is 5.42. The van der Waals surface area contributed by atoms with Gasteiger partial charge in [-0.1, -0.05) is 30.1 Å². The maximum Gasteiger partial charge on any atom is 0.271 e. The van der Waals surface area contributed by atoms with Crippen LogP contribution in [0.2, 0.25) is 10.0 Å². The summed E-state index contributed by atoms with van der Waals surface area (Å²) in [5.41, 5.74) is -0.376. The van der Waals surface area contributed by atoms with Crippen LogP contribution >= 0.6 is 23.2 Å². The van der Waals surface area contributed by atoms with E-state index in [1.807, 2.05) is 6.92 Å². The highest BCUT2D eigenvalue weighted by Gasteiger charge is 2.33. The Hall–Kier alpha value is -2.24. The summed E-state index contributed by atoms with van der Waals surface area (Å²) < 4.78 is 33.9. The Bertz CT molecular complexity index is 1140. The number of nitro benzene ring substituents is 1. The molecular formula is C21H23Cl2N3O6S. The summed E-state index contributed by atoms with van der Waals surface area (Å²) in [6.07, 6.45) is 1.32. The van der Waals surface area contributed by atoms with Gasteiger partial charge in [-0.2, -0.15) is 4.31 Å². The third kappa shape index (κ3) is 6.21. The van der Waals surface area contributed by atoms with Crippen LogP contribution in [-0.2, 0) is 14.8 Å². The number of carbonyl (C=O) groups excluding carboxylic acids is 1. The Morgan fingerprint density at radius 2 is 1.82 bits per heavy atom. The molecule has 1 heterocycles. The number of nitro groups is 1. The van der Waals surface area contributed by atoms with Gasteiger partial charge in [-0.3, -0.25) is 10.1 Å². The van der Waals surface area contributed by atoms with E-state index in [2.05, 4.69) is 4.90 Å². The van der Waals surface area contributed by atoms with E-state index in [0.29, 0.717) is 31.1 Å². The van der Waals surface area contributed by atoms with Crippen molar-refractivity contribution >= 4 is 45.2 Å². The van der Waals surface area contributed by atoms with Crippen molar-refractivity contribution in [3.63, 3.8) is 0 Å². The molecule has 0 amide bonds. The molecule has 0 N–H and O–H groups in total. The third-order valence-corrected chi connectivity index (χ3v) is 7.74. The number of nitrogens with zero attached hydrogens (tertiary/aromatic N) is 3. The Morgan fingerprint density at radius 3 is 2.45 bits per heavy atom. The molecule has 33 heavy (non-hydrogen) atoms. The number of halogens is 2. The number of sulfonamides is 1. The summed E-state index contributed by atoms with van der Waals surface area (Å²) in [5, 5.41) is 11.9. The summed E-state index contributed by atoms with van der Waals surface area (Å²) in [4.78, 5) is 23.1. The molecule has 2 aromatic rings. The summed E-state index contributed by atoms with van der Waals surface area (Å²) in [5.74, 6) is 0.208. The molecule has 9 nitrogen and oxygen atoms in total. The molecule has 3 rings (SSSR count). The Balaban J connectivity index is 1.88. The van der Waals surface area contributed by atoms with Crippen LogP contribution in [0.15, 0.2) is 41.3 Å². The molecule has 1 fully saturated rings. The third-order valence-electron chi connectivity index (χ3n) is 5.27. The maximum atomic E-state index is 13.5. The number of non-ortho nitro benzene ring substituents is 1. The molecule has 1 aliphatic rings. The number of aldehydes is 1. The second-order valence-corrected chi connectivity index (χ2v) is 10.5. The molecule has 1 aliphatic heterocycles. The van der Waals surface area contributed by atoms with E-state index in [1.54, 1.807) is 6.07 Å². The smallest absolute Gasteiger partial charge is 0.271 e. The van der Waals surface area contributed by atoms with Crippen molar-refractivity contribution in [3.8, 4) is 11.5 Å². The fourth-order valence-electron chi connectivity index (χ4n) is 3.54. The van der Waals surface area contributed by atoms with Gasteiger partial charge in [0.25, 0.3) is 5.69 Å². The average Bonchev–Trinajstić information content (AvgIpc) is 2.77. The van der Waals surface area contributed by atoms with Crippen LogP contribution in [0, 0.1) is 16.0 Å². The van der Waals surface area contributed by atoms with Gasteiger partial charge in [-0.05, 0) is 24.1 Å². The van der Waals surface area contributed by atoms with Gasteiger partial charge in [0, 0.05) is 62.4 Å². The van der Waals surface area contributed by atoms with Gasteiger partial charge in [0.05, 0.1) is 9.95 Å². The predicted molar refractivity (Wildman–Crippen MR) is 125 cm³/mol. The van der Waals surface area contributed by atoms with Crippen LogP contribution < -0.4 is 4.74 Å². The molecular weight excluding hydrogens is 493 g/mol. The van der Waals surface area contributed by atoms with Crippen molar-refractivity contribution in [1.82, 2.24) is 9.21 Å². The van der Waals surface area contributed by atoms with Gasteiger partial charge in [-0.15, -0.1) is 0 Å². The van der Waals surface area contributed by atoms with Gasteiger partial charge in [0.2, 0.25) is 10.0 Å². The zero-order valence-electron chi connectivity index (χ0n) is 17.8. The highest BCUT2D eigenvalue weighted by molar-refractivity contribution is 7.89. The number of piperazine rings is 1. The average molecular weight is 516 g/mol. The molecule has 0 aliphatic carbocycles. The van der Waals surface area contributed by atoms with Crippen LogP contribution in [-0.4, -0.2) is 61.6 Å². The lowest BCUT2D eigenvalue weighted by Gasteiger charge is -2.35. The highest BCUT2D eigenvalue weighted by atomic mass is 35.5. The van der Waals surface area contributed by atoms with Crippen LogP contribution in [0.3, 0.4) is 0 Å². The van der Waals surface area contributed by atoms with Crippen molar-refractivity contribution in [2.75, 3.05) is 32.7 Å². The summed E-state index contributed by atoms with van der Waals surface area (Å²) >= 11 is 12.1. The van der Waals surface area contributed by atoms with Gasteiger partial charge in [0.1, 0.15) is 22.7 Å². The first-order valence-corrected chi connectivity index (χ1v) is 12.4. The normalized spacial score (nSPS) is 16.3. The van der Waals surface area contributed by atoms with Crippen LogP contribution in [0.25, 0.3) is 0 Å². The molecule has 0 aromatic heterocycles. The van der Waals surface area contributed by atoms with Crippen LogP contribution in [0.1, 0.15) is 13.3 Å². The van der Waals surface area contributed by atoms with E-state index in [4.69, 9.17) is 27.9 Å². The lowest BCUT2D eigenvalue weighted by Crippen LogP contribution is -2.49. The fraction of sp³-hybridized carbons (Fsp3) is 0.381. The predicted octanol–water partition coefficient (Wildman–Crippen LogP) is 4.23. The minimum Gasteiger partial charge on any atom is -0.454 e. The van der Waals surface area contributed by atoms with Gasteiger partial charge in [-0.25, -0.2) is 8.42 Å². The maximum absolute atomic E-state index is 13.5. The largest absolute Gasteiger partial charge is 0.454 e. The molecule has 0 spiro atoms. The lowest BCUT2D eigenvalue weighted by molar-refractivity contribution is -0.385. The molecule has 2 aromatic carbocycles. The second kappa shape index (κ2) is 10.8. The minimum atomic E-state index is -4.11. The van der Waals surface area contributed by atoms with Gasteiger partial charge in [0.15, 0.2) is 0 Å². The number of hydrogen-bond acceptors (Lipinski definition) is 7. The molecule has 1 atom stereocenters. The highest BCUT2D eigenvalue weighted by Crippen LogP contribution is 2.37. The Morgan fingerprint density at radius 1 is 1.12 bits per heavy atom. The van der Waals surface area contributed by atoms with Crippen LogP contribution in [0.5, 0.6) is 11.5 Å². The van der Waals surface area contributed by atoms with E-state index in [0.717, 1.165) is 12.4 Å². The molecule has 178 valence electrons. The number of carbonyl (C=O) groups is 1. The number of hydrogen-bond donors (Lipinski definition) is 0. The molecule has 1 unspecified atom stereocenters. The zero-order valence-corrected chi connectivity index (χ0v) is 20.1. The molecule has 0 bridgehead atoms. The Kier molecular flexibility index (Phi) is 8.30. The number of benzene rings is 2. The second-order valence-electron chi connectivity index (χ2n) is 7.78. The van der Waals surface area contributed by atoms with Crippen molar-refractivity contribution in [3.05, 3.63) is 56.6 Å². The van der Waals surface area contributed by atoms with E-state index < -0.39 is 14.9 Å². The molecule has 0 radical (unpaired) electrons. The van der Waals surface area contributed by atoms with Crippen molar-refractivity contribution < 1.29 is 22.9 Å². The summed E-state index contributed by atoms with van der Waals surface area (Å²) in [7, 11) is -4.11. The first-order valence-electron chi connectivity index (χ1n) is 10.2. The first kappa shape index (κ1) is 25.4. The number of rotatable bonds is 9. The first-order chi connectivity index (χ1) is 15.6. The van der Waals surface area contributed by atoms with Crippen molar-refractivity contribution in [1.29, 1.82) is 0 Å². The van der Waals surface area contributed by atoms with E-state index in [9.17, 15) is 23.3 Å².